The highest BCUT2D eigenvalue weighted by atomic mass is 16.3. The number of aryl methyl sites for hydroxylation is 1. The van der Waals surface area contributed by atoms with Gasteiger partial charge in [-0.15, -0.1) is 0 Å². The third-order valence-corrected chi connectivity index (χ3v) is 4.06. The quantitative estimate of drug-likeness (QED) is 0.830. The molecular formula is C16H22N2O2. The van der Waals surface area contributed by atoms with E-state index in [1.54, 1.807) is 25.1 Å². The minimum atomic E-state index is -0.351. The van der Waals surface area contributed by atoms with Crippen molar-refractivity contribution in [2.24, 2.45) is 11.0 Å². The van der Waals surface area contributed by atoms with Crippen molar-refractivity contribution < 1.29 is 9.90 Å². The van der Waals surface area contributed by atoms with Gasteiger partial charge >= 0.3 is 0 Å². The molecule has 4 heteroatoms. The summed E-state index contributed by atoms with van der Waals surface area (Å²) in [5.41, 5.74) is 4.57. The molecule has 0 aliphatic heterocycles. The van der Waals surface area contributed by atoms with Crippen LogP contribution in [0.2, 0.25) is 0 Å². The second kappa shape index (κ2) is 6.55. The van der Waals surface area contributed by atoms with E-state index in [2.05, 4.69) is 17.5 Å². The lowest BCUT2D eigenvalue weighted by Gasteiger charge is -2.21. The van der Waals surface area contributed by atoms with Crippen molar-refractivity contribution in [3.8, 4) is 5.75 Å². The zero-order chi connectivity index (χ0) is 14.5. The highest BCUT2D eigenvalue weighted by Crippen LogP contribution is 2.25. The van der Waals surface area contributed by atoms with Crippen molar-refractivity contribution in [3.63, 3.8) is 0 Å². The summed E-state index contributed by atoms with van der Waals surface area (Å²) in [5.74, 6) is 0.474. The van der Waals surface area contributed by atoms with E-state index in [4.69, 9.17) is 0 Å². The van der Waals surface area contributed by atoms with Gasteiger partial charge in [0, 0.05) is 5.71 Å². The fourth-order valence-electron chi connectivity index (χ4n) is 2.56. The van der Waals surface area contributed by atoms with Gasteiger partial charge in [-0.25, -0.2) is 5.43 Å². The van der Waals surface area contributed by atoms with Gasteiger partial charge in [-0.3, -0.25) is 4.79 Å². The molecule has 1 aliphatic carbocycles. The number of phenols is 1. The maximum absolute atomic E-state index is 12.0. The number of hydrazone groups is 1. The first-order chi connectivity index (χ1) is 9.61. The van der Waals surface area contributed by atoms with Crippen molar-refractivity contribution in [2.75, 3.05) is 0 Å². The molecule has 1 aliphatic rings. The first-order valence-corrected chi connectivity index (χ1v) is 7.26. The van der Waals surface area contributed by atoms with Gasteiger partial charge in [0.1, 0.15) is 5.75 Å². The van der Waals surface area contributed by atoms with Crippen molar-refractivity contribution >= 4 is 11.6 Å². The number of nitrogens with one attached hydrogen (secondary N) is 1. The number of nitrogens with zero attached hydrogens (tertiary/aromatic N) is 1. The molecule has 0 bridgehead atoms. The van der Waals surface area contributed by atoms with E-state index >= 15 is 0 Å². The monoisotopic (exact) mass is 274 g/mol. The predicted octanol–water partition coefficient (Wildman–Crippen LogP) is 3.39. The summed E-state index contributed by atoms with van der Waals surface area (Å²) in [7, 11) is 0. The first-order valence-electron chi connectivity index (χ1n) is 7.26. The molecule has 0 saturated heterocycles. The molecule has 0 spiro atoms. The van der Waals surface area contributed by atoms with Crippen LogP contribution in [0.3, 0.4) is 0 Å². The molecule has 108 valence electrons. The van der Waals surface area contributed by atoms with E-state index in [1.165, 1.54) is 6.42 Å². The summed E-state index contributed by atoms with van der Waals surface area (Å²) in [4.78, 5) is 12.0. The Labute approximate surface area is 119 Å². The summed E-state index contributed by atoms with van der Waals surface area (Å²) >= 11 is 0. The van der Waals surface area contributed by atoms with Crippen LogP contribution < -0.4 is 5.43 Å². The van der Waals surface area contributed by atoms with Gasteiger partial charge in [0.25, 0.3) is 5.91 Å². The van der Waals surface area contributed by atoms with E-state index in [0.717, 1.165) is 37.3 Å². The Morgan fingerprint density at radius 2 is 2.10 bits per heavy atom. The van der Waals surface area contributed by atoms with Gasteiger partial charge in [-0.1, -0.05) is 25.5 Å². The summed E-state index contributed by atoms with van der Waals surface area (Å²) in [6, 6.07) is 5.12. The largest absolute Gasteiger partial charge is 0.507 e. The Morgan fingerprint density at radius 3 is 2.75 bits per heavy atom. The molecule has 2 N–H and O–H groups in total. The SMILES string of the molecule is CCC1CCC(=NNC(=O)c2cccc(C)c2O)CC1. The number of carbonyl (C=O) groups excluding carboxylic acids is 1. The molecule has 20 heavy (non-hydrogen) atoms. The standard InChI is InChI=1S/C16H22N2O2/c1-3-12-7-9-13(10-8-12)17-18-16(20)14-6-4-5-11(2)15(14)19/h4-6,12,19H,3,7-10H2,1-2H3,(H,18,20). The van der Waals surface area contributed by atoms with Crippen LogP contribution in [0.4, 0.5) is 0 Å². The first kappa shape index (κ1) is 14.6. The molecule has 2 rings (SSSR count). The maximum atomic E-state index is 12.0. The Balaban J connectivity index is 1.97. The lowest BCUT2D eigenvalue weighted by Crippen LogP contribution is -2.22. The van der Waals surface area contributed by atoms with Crippen LogP contribution in [-0.4, -0.2) is 16.7 Å². The highest BCUT2D eigenvalue weighted by Gasteiger charge is 2.17. The normalized spacial score (nSPS) is 18.7. The number of amides is 1. The lowest BCUT2D eigenvalue weighted by atomic mass is 9.86. The average Bonchev–Trinajstić information content (AvgIpc) is 2.48. The molecule has 0 heterocycles. The summed E-state index contributed by atoms with van der Waals surface area (Å²) in [6.07, 6.45) is 5.44. The number of carbonyl (C=O) groups is 1. The number of rotatable bonds is 3. The second-order valence-electron chi connectivity index (χ2n) is 5.44. The fourth-order valence-corrected chi connectivity index (χ4v) is 2.56. The van der Waals surface area contributed by atoms with Gasteiger partial charge in [0.2, 0.25) is 0 Å². The minimum absolute atomic E-state index is 0.0277. The summed E-state index contributed by atoms with van der Waals surface area (Å²) < 4.78 is 0. The van der Waals surface area contributed by atoms with Crippen molar-refractivity contribution in [1.82, 2.24) is 5.43 Å². The Bertz CT molecular complexity index is 513. The smallest absolute Gasteiger partial charge is 0.275 e. The number of benzene rings is 1. The topological polar surface area (TPSA) is 61.7 Å². The zero-order valence-electron chi connectivity index (χ0n) is 12.1. The van der Waals surface area contributed by atoms with Crippen LogP contribution in [-0.2, 0) is 0 Å². The second-order valence-corrected chi connectivity index (χ2v) is 5.44. The lowest BCUT2D eigenvalue weighted by molar-refractivity contribution is 0.0951. The van der Waals surface area contributed by atoms with Crippen LogP contribution in [0.1, 0.15) is 54.9 Å². The molecule has 0 unspecified atom stereocenters. The van der Waals surface area contributed by atoms with Gasteiger partial charge in [0.15, 0.2) is 0 Å². The maximum Gasteiger partial charge on any atom is 0.275 e. The number of hydrogen-bond donors (Lipinski definition) is 2. The van der Waals surface area contributed by atoms with Crippen LogP contribution in [0, 0.1) is 12.8 Å². The van der Waals surface area contributed by atoms with Crippen LogP contribution in [0.5, 0.6) is 5.75 Å². The Kier molecular flexibility index (Phi) is 4.77. The number of para-hydroxylation sites is 1. The van der Waals surface area contributed by atoms with Gasteiger partial charge in [-0.2, -0.15) is 5.10 Å². The zero-order valence-corrected chi connectivity index (χ0v) is 12.1. The van der Waals surface area contributed by atoms with Crippen LogP contribution in [0.15, 0.2) is 23.3 Å². The van der Waals surface area contributed by atoms with E-state index in [-0.39, 0.29) is 17.2 Å². The van der Waals surface area contributed by atoms with Crippen LogP contribution in [0.25, 0.3) is 0 Å². The highest BCUT2D eigenvalue weighted by molar-refractivity contribution is 5.98. The van der Waals surface area contributed by atoms with E-state index < -0.39 is 0 Å². The number of phenolic OH excluding ortho intramolecular Hbond substituents is 1. The third-order valence-electron chi connectivity index (χ3n) is 4.06. The molecular weight excluding hydrogens is 252 g/mol. The van der Waals surface area contributed by atoms with E-state index in [0.29, 0.717) is 5.56 Å². The van der Waals surface area contributed by atoms with Crippen molar-refractivity contribution in [1.29, 1.82) is 0 Å². The van der Waals surface area contributed by atoms with Gasteiger partial charge in [-0.05, 0) is 50.2 Å². The Morgan fingerprint density at radius 1 is 1.40 bits per heavy atom. The molecule has 1 amide bonds. The molecule has 0 radical (unpaired) electrons. The molecule has 1 aromatic carbocycles. The Hall–Kier alpha value is -1.84. The third kappa shape index (κ3) is 3.38. The van der Waals surface area contributed by atoms with Gasteiger partial charge < -0.3 is 5.11 Å². The van der Waals surface area contributed by atoms with Crippen molar-refractivity contribution in [2.45, 2.75) is 46.0 Å². The molecule has 0 atom stereocenters. The minimum Gasteiger partial charge on any atom is -0.507 e. The molecule has 1 saturated carbocycles. The van der Waals surface area contributed by atoms with Crippen LogP contribution >= 0.6 is 0 Å². The molecule has 1 aromatic rings. The predicted molar refractivity (Wildman–Crippen MR) is 80.0 cm³/mol. The molecule has 0 aromatic heterocycles. The van der Waals surface area contributed by atoms with Crippen molar-refractivity contribution in [3.05, 3.63) is 29.3 Å². The molecule has 1 fully saturated rings. The van der Waals surface area contributed by atoms with E-state index in [1.807, 2.05) is 0 Å². The summed E-state index contributed by atoms with van der Waals surface area (Å²) in [6.45, 7) is 3.99. The summed E-state index contributed by atoms with van der Waals surface area (Å²) in [5, 5.41) is 14.1. The van der Waals surface area contributed by atoms with Gasteiger partial charge in [0.05, 0.1) is 5.56 Å². The van der Waals surface area contributed by atoms with E-state index in [9.17, 15) is 9.90 Å². The average molecular weight is 274 g/mol. The number of hydrogen-bond acceptors (Lipinski definition) is 3. The molecule has 4 nitrogen and oxygen atoms in total. The number of aromatic hydroxyl groups is 1. The fraction of sp³-hybridized carbons (Fsp3) is 0.500.